The third kappa shape index (κ3) is 4.79. The minimum atomic E-state index is -1.59. The number of carbonyl (C=O) groups excluding carboxylic acids is 1. The number of aryl methyl sites for hydroxylation is 1. The lowest BCUT2D eigenvalue weighted by molar-refractivity contribution is -0.232. The maximum absolute atomic E-state index is 12.7. The summed E-state index contributed by atoms with van der Waals surface area (Å²) in [4.78, 5) is 12.7. The molecule has 2 aromatic rings. The summed E-state index contributed by atoms with van der Waals surface area (Å²) in [6.45, 7) is 1.36. The largest absolute Gasteiger partial charge is 0.507 e. The monoisotopic (exact) mass is 430 g/mol. The molecule has 8 nitrogen and oxygen atoms in total. The fourth-order valence-corrected chi connectivity index (χ4v) is 3.48. The van der Waals surface area contributed by atoms with Crippen LogP contribution in [0.15, 0.2) is 42.5 Å². The van der Waals surface area contributed by atoms with E-state index >= 15 is 0 Å². The molecule has 5 unspecified atom stereocenters. The van der Waals surface area contributed by atoms with Crippen LogP contribution in [-0.2, 0) is 4.74 Å². The third-order valence-electron chi connectivity index (χ3n) is 5.32. The number of aromatic hydroxyl groups is 1. The minimum Gasteiger partial charge on any atom is -0.507 e. The molecule has 5 atom stereocenters. The Bertz CT molecular complexity index is 951. The Morgan fingerprint density at radius 2 is 1.77 bits per heavy atom. The summed E-state index contributed by atoms with van der Waals surface area (Å²) in [5.74, 6) is -0.712. The van der Waals surface area contributed by atoms with Crippen LogP contribution in [-0.4, -0.2) is 69.4 Å². The van der Waals surface area contributed by atoms with E-state index in [9.17, 15) is 30.3 Å². The second-order valence-corrected chi connectivity index (χ2v) is 7.47. The van der Waals surface area contributed by atoms with E-state index in [0.29, 0.717) is 0 Å². The molecule has 8 heteroatoms. The maximum atomic E-state index is 12.7. The van der Waals surface area contributed by atoms with E-state index in [2.05, 4.69) is 0 Å². The van der Waals surface area contributed by atoms with Gasteiger partial charge in [-0.2, -0.15) is 0 Å². The van der Waals surface area contributed by atoms with Gasteiger partial charge in [0.1, 0.15) is 42.0 Å². The van der Waals surface area contributed by atoms with Crippen molar-refractivity contribution in [2.24, 2.45) is 0 Å². The van der Waals surface area contributed by atoms with Crippen LogP contribution < -0.4 is 4.74 Å². The first-order valence-corrected chi connectivity index (χ1v) is 9.77. The number of ketones is 1. The Kier molecular flexibility index (Phi) is 7.09. The number of ether oxygens (including phenoxy) is 2. The number of aliphatic hydroxyl groups excluding tert-OH is 4. The summed E-state index contributed by atoms with van der Waals surface area (Å²) in [6.07, 6.45) is -4.07. The number of carbonyl (C=O) groups is 1. The van der Waals surface area contributed by atoms with Gasteiger partial charge in [0.2, 0.25) is 0 Å². The van der Waals surface area contributed by atoms with E-state index in [4.69, 9.17) is 9.47 Å². The highest BCUT2D eigenvalue weighted by atomic mass is 16.5. The SMILES string of the molecule is COc1cc(O)c(C(=O)/C=C/c2ccc(C)cc2)cc1C1OC(CO)C(O)C(O)C1O. The van der Waals surface area contributed by atoms with E-state index in [1.165, 1.54) is 25.3 Å². The smallest absolute Gasteiger partial charge is 0.189 e. The molecule has 1 heterocycles. The third-order valence-corrected chi connectivity index (χ3v) is 5.32. The number of allylic oxidation sites excluding steroid dienone is 1. The number of phenols is 1. The fraction of sp³-hybridized carbons (Fsp3) is 0.348. The lowest BCUT2D eigenvalue weighted by Crippen LogP contribution is -2.55. The molecule has 0 spiro atoms. The highest BCUT2D eigenvalue weighted by Gasteiger charge is 2.45. The second-order valence-electron chi connectivity index (χ2n) is 7.47. The summed E-state index contributed by atoms with van der Waals surface area (Å²) in [5, 5.41) is 50.3. The lowest BCUT2D eigenvalue weighted by atomic mass is 9.89. The molecule has 3 rings (SSSR count). The molecule has 0 amide bonds. The van der Waals surface area contributed by atoms with Gasteiger partial charge in [0.25, 0.3) is 0 Å². The van der Waals surface area contributed by atoms with Crippen molar-refractivity contribution in [3.63, 3.8) is 0 Å². The zero-order chi connectivity index (χ0) is 22.7. The van der Waals surface area contributed by atoms with Crippen molar-refractivity contribution in [1.82, 2.24) is 0 Å². The van der Waals surface area contributed by atoms with Gasteiger partial charge in [-0.1, -0.05) is 35.9 Å². The minimum absolute atomic E-state index is 0.0591. The van der Waals surface area contributed by atoms with Crippen LogP contribution in [0.5, 0.6) is 11.5 Å². The predicted octanol–water partition coefficient (Wildman–Crippen LogP) is 1.12. The average Bonchev–Trinajstić information content (AvgIpc) is 2.77. The molecule has 5 N–H and O–H groups in total. The van der Waals surface area contributed by atoms with Gasteiger partial charge in [-0.15, -0.1) is 0 Å². The van der Waals surface area contributed by atoms with Gasteiger partial charge >= 0.3 is 0 Å². The normalized spacial score (nSPS) is 26.2. The van der Waals surface area contributed by atoms with Crippen molar-refractivity contribution in [2.75, 3.05) is 13.7 Å². The van der Waals surface area contributed by atoms with Gasteiger partial charge in [-0.25, -0.2) is 0 Å². The van der Waals surface area contributed by atoms with Gasteiger partial charge in [0, 0.05) is 11.6 Å². The van der Waals surface area contributed by atoms with Crippen molar-refractivity contribution >= 4 is 11.9 Å². The Labute approximate surface area is 179 Å². The van der Waals surface area contributed by atoms with Crippen molar-refractivity contribution < 1.29 is 39.8 Å². The van der Waals surface area contributed by atoms with Gasteiger partial charge in [-0.3, -0.25) is 4.79 Å². The lowest BCUT2D eigenvalue weighted by Gasteiger charge is -2.40. The summed E-state index contributed by atoms with van der Waals surface area (Å²) in [7, 11) is 1.33. The number of rotatable bonds is 6. The number of benzene rings is 2. The molecule has 0 bridgehead atoms. The summed E-state index contributed by atoms with van der Waals surface area (Å²) >= 11 is 0. The van der Waals surface area contributed by atoms with Crippen LogP contribution in [0.1, 0.15) is 33.2 Å². The summed E-state index contributed by atoms with van der Waals surface area (Å²) in [6, 6.07) is 10.0. The van der Waals surface area contributed by atoms with Gasteiger partial charge in [-0.05, 0) is 24.6 Å². The van der Waals surface area contributed by atoms with Gasteiger partial charge in [0.05, 0.1) is 19.3 Å². The number of phenolic OH excluding ortho intramolecular Hbond substituents is 1. The molecule has 0 aliphatic carbocycles. The van der Waals surface area contributed by atoms with Crippen LogP contribution in [0.25, 0.3) is 6.08 Å². The molecule has 2 aromatic carbocycles. The zero-order valence-electron chi connectivity index (χ0n) is 17.2. The maximum Gasteiger partial charge on any atom is 0.189 e. The topological polar surface area (TPSA) is 137 Å². The molecule has 1 aliphatic rings. The first kappa shape index (κ1) is 22.9. The first-order chi connectivity index (χ1) is 14.8. The van der Waals surface area contributed by atoms with Crippen LogP contribution in [0.4, 0.5) is 0 Å². The van der Waals surface area contributed by atoms with E-state index < -0.39 is 42.9 Å². The van der Waals surface area contributed by atoms with Crippen molar-refractivity contribution in [2.45, 2.75) is 37.4 Å². The van der Waals surface area contributed by atoms with Crippen LogP contribution in [0.3, 0.4) is 0 Å². The zero-order valence-corrected chi connectivity index (χ0v) is 17.2. The van der Waals surface area contributed by atoms with Crippen molar-refractivity contribution in [3.05, 3.63) is 64.7 Å². The summed E-state index contributed by atoms with van der Waals surface area (Å²) < 4.78 is 10.8. The molecule has 1 aliphatic heterocycles. The average molecular weight is 430 g/mol. The Morgan fingerprint density at radius 3 is 2.39 bits per heavy atom. The van der Waals surface area contributed by atoms with E-state index in [0.717, 1.165) is 11.1 Å². The molecule has 0 saturated carbocycles. The van der Waals surface area contributed by atoms with E-state index in [-0.39, 0.29) is 22.6 Å². The van der Waals surface area contributed by atoms with Crippen LogP contribution >= 0.6 is 0 Å². The Hall–Kier alpha value is -2.75. The number of hydrogen-bond donors (Lipinski definition) is 5. The molecule has 0 radical (unpaired) electrons. The molecule has 1 saturated heterocycles. The molecular weight excluding hydrogens is 404 g/mol. The highest BCUT2D eigenvalue weighted by molar-refractivity contribution is 6.08. The second kappa shape index (κ2) is 9.59. The highest BCUT2D eigenvalue weighted by Crippen LogP contribution is 2.40. The number of aliphatic hydroxyl groups is 4. The molecule has 1 fully saturated rings. The molecular formula is C23H26O8. The van der Waals surface area contributed by atoms with Gasteiger partial charge < -0.3 is 35.0 Å². The number of hydrogen-bond acceptors (Lipinski definition) is 8. The van der Waals surface area contributed by atoms with Gasteiger partial charge in [0.15, 0.2) is 5.78 Å². The fourth-order valence-electron chi connectivity index (χ4n) is 3.48. The predicted molar refractivity (Wildman–Crippen MR) is 112 cm³/mol. The van der Waals surface area contributed by atoms with E-state index in [1.54, 1.807) is 6.08 Å². The van der Waals surface area contributed by atoms with Crippen LogP contribution in [0, 0.1) is 6.92 Å². The number of methoxy groups -OCH3 is 1. The first-order valence-electron chi connectivity index (χ1n) is 9.77. The molecule has 0 aromatic heterocycles. The Morgan fingerprint density at radius 1 is 1.10 bits per heavy atom. The molecule has 31 heavy (non-hydrogen) atoms. The molecule has 166 valence electrons. The standard InChI is InChI=1S/C23H26O8/c1-12-3-5-13(6-4-12)7-8-16(25)14-9-15(18(30-2)10-17(14)26)23-22(29)21(28)20(27)19(11-24)31-23/h3-10,19-24,26-29H,11H2,1-2H3/b8-7+. The van der Waals surface area contributed by atoms with E-state index in [1.807, 2.05) is 31.2 Å². The van der Waals surface area contributed by atoms with Crippen molar-refractivity contribution in [1.29, 1.82) is 0 Å². The quantitative estimate of drug-likeness (QED) is 0.340. The van der Waals surface area contributed by atoms with Crippen molar-refractivity contribution in [3.8, 4) is 11.5 Å². The van der Waals surface area contributed by atoms with Crippen LogP contribution in [0.2, 0.25) is 0 Å². The summed E-state index contributed by atoms with van der Waals surface area (Å²) in [5.41, 5.74) is 2.02. The Balaban J connectivity index is 1.95.